The number of aryl methyl sites for hydroxylation is 2. The Bertz CT molecular complexity index is 1050. The molecule has 0 saturated heterocycles. The van der Waals surface area contributed by atoms with Crippen molar-refractivity contribution in [3.8, 4) is 0 Å². The topological polar surface area (TPSA) is 90.4 Å². The molecule has 0 aliphatic heterocycles. The van der Waals surface area contributed by atoms with Gasteiger partial charge in [0.05, 0.1) is 22.0 Å². The molecule has 3 aromatic rings. The summed E-state index contributed by atoms with van der Waals surface area (Å²) in [7, 11) is 0. The average molecular weight is 336 g/mol. The highest BCUT2D eigenvalue weighted by Gasteiger charge is 2.12. The number of rotatable bonds is 4. The van der Waals surface area contributed by atoms with Crippen LogP contribution in [0.5, 0.6) is 0 Å². The van der Waals surface area contributed by atoms with E-state index in [1.807, 2.05) is 13.0 Å². The molecule has 0 amide bonds. The number of nitrogens with zero attached hydrogens (tertiary/aromatic N) is 4. The Labute approximate surface area is 143 Å². The van der Waals surface area contributed by atoms with Crippen LogP contribution in [0.1, 0.15) is 23.9 Å². The van der Waals surface area contributed by atoms with E-state index in [-0.39, 0.29) is 11.2 Å². The third-order valence-electron chi connectivity index (χ3n) is 3.92. The van der Waals surface area contributed by atoms with Gasteiger partial charge in [-0.05, 0) is 25.5 Å². The second-order valence-electron chi connectivity index (χ2n) is 5.54. The summed E-state index contributed by atoms with van der Waals surface area (Å²) >= 11 is 0. The third-order valence-corrected chi connectivity index (χ3v) is 3.92. The Balaban J connectivity index is 2.06. The molecule has 126 valence electrons. The van der Waals surface area contributed by atoms with Crippen molar-refractivity contribution in [2.45, 2.75) is 20.3 Å². The highest BCUT2D eigenvalue weighted by atomic mass is 16.6. The smallest absolute Gasteiger partial charge is 0.267 e. The molecular weight excluding hydrogens is 320 g/mol. The van der Waals surface area contributed by atoms with Crippen molar-refractivity contribution < 1.29 is 4.92 Å². The van der Waals surface area contributed by atoms with E-state index in [9.17, 15) is 14.9 Å². The second kappa shape index (κ2) is 6.64. The van der Waals surface area contributed by atoms with Gasteiger partial charge in [0.25, 0.3) is 11.2 Å². The normalized spacial score (nSPS) is 11.3. The number of hydrogen-bond donors (Lipinski definition) is 0. The van der Waals surface area contributed by atoms with Crippen molar-refractivity contribution in [2.75, 3.05) is 0 Å². The van der Waals surface area contributed by atoms with Gasteiger partial charge in [0.15, 0.2) is 0 Å². The van der Waals surface area contributed by atoms with Crippen LogP contribution in [0.15, 0.2) is 52.4 Å². The lowest BCUT2D eigenvalue weighted by molar-refractivity contribution is -0.385. The maximum Gasteiger partial charge on any atom is 0.282 e. The summed E-state index contributed by atoms with van der Waals surface area (Å²) in [4.78, 5) is 27.7. The number of nitro benzene ring substituents is 1. The Kier molecular flexibility index (Phi) is 4.38. The van der Waals surface area contributed by atoms with E-state index in [4.69, 9.17) is 0 Å². The molecule has 0 bridgehead atoms. The van der Waals surface area contributed by atoms with Crippen LogP contribution in [0, 0.1) is 17.0 Å². The van der Waals surface area contributed by atoms with Crippen molar-refractivity contribution in [3.05, 3.63) is 79.9 Å². The van der Waals surface area contributed by atoms with Crippen LogP contribution in [0.4, 0.5) is 5.69 Å². The molecule has 0 aliphatic carbocycles. The molecule has 0 saturated carbocycles. The number of hydrogen-bond acceptors (Lipinski definition) is 5. The quantitative estimate of drug-likeness (QED) is 0.416. The van der Waals surface area contributed by atoms with Crippen LogP contribution in [0.25, 0.3) is 10.9 Å². The number of aromatic nitrogens is 2. The van der Waals surface area contributed by atoms with Gasteiger partial charge in [-0.2, -0.15) is 9.78 Å². The van der Waals surface area contributed by atoms with E-state index < -0.39 is 4.92 Å². The van der Waals surface area contributed by atoms with Crippen molar-refractivity contribution in [1.29, 1.82) is 0 Å². The zero-order chi connectivity index (χ0) is 18.0. The lowest BCUT2D eigenvalue weighted by Crippen LogP contribution is -2.20. The lowest BCUT2D eigenvalue weighted by atomic mass is 10.1. The molecule has 2 aromatic carbocycles. The van der Waals surface area contributed by atoms with Gasteiger partial charge in [0, 0.05) is 17.2 Å². The fourth-order valence-electron chi connectivity index (χ4n) is 2.63. The number of para-hydroxylation sites is 1. The van der Waals surface area contributed by atoms with Crippen LogP contribution >= 0.6 is 0 Å². The monoisotopic (exact) mass is 336 g/mol. The maximum atomic E-state index is 12.5. The molecule has 0 spiro atoms. The first-order chi connectivity index (χ1) is 12.0. The summed E-state index contributed by atoms with van der Waals surface area (Å²) in [5.74, 6) is 0.444. The molecule has 0 aliphatic rings. The van der Waals surface area contributed by atoms with Gasteiger partial charge in [0.2, 0.25) is 0 Å². The molecule has 0 unspecified atom stereocenters. The van der Waals surface area contributed by atoms with Gasteiger partial charge < -0.3 is 0 Å². The first-order valence-electron chi connectivity index (χ1n) is 7.81. The Morgan fingerprint density at radius 2 is 2.04 bits per heavy atom. The predicted molar refractivity (Wildman–Crippen MR) is 96.2 cm³/mol. The number of nitro groups is 1. The van der Waals surface area contributed by atoms with Gasteiger partial charge >= 0.3 is 0 Å². The molecule has 0 radical (unpaired) electrons. The van der Waals surface area contributed by atoms with E-state index >= 15 is 0 Å². The SMILES string of the molecule is CCc1ccc(/C=N\n2c(C)nc3ccccc3c2=O)cc1[N+](=O)[O-]. The molecule has 0 N–H and O–H groups in total. The second-order valence-corrected chi connectivity index (χ2v) is 5.54. The minimum absolute atomic E-state index is 0.0483. The fourth-order valence-corrected chi connectivity index (χ4v) is 2.63. The molecule has 3 rings (SSSR count). The molecule has 25 heavy (non-hydrogen) atoms. The molecule has 1 heterocycles. The third kappa shape index (κ3) is 3.16. The Morgan fingerprint density at radius 3 is 2.76 bits per heavy atom. The van der Waals surface area contributed by atoms with E-state index in [1.54, 1.807) is 37.3 Å². The van der Waals surface area contributed by atoms with Crippen molar-refractivity contribution >= 4 is 22.8 Å². The molecule has 7 heteroatoms. The highest BCUT2D eigenvalue weighted by molar-refractivity contribution is 5.81. The number of fused-ring (bicyclic) bond motifs is 1. The summed E-state index contributed by atoms with van der Waals surface area (Å²) in [5.41, 5.74) is 1.58. The van der Waals surface area contributed by atoms with Gasteiger partial charge in [-0.15, -0.1) is 0 Å². The zero-order valence-corrected chi connectivity index (χ0v) is 13.8. The van der Waals surface area contributed by atoms with Crippen molar-refractivity contribution in [3.63, 3.8) is 0 Å². The largest absolute Gasteiger partial charge is 0.282 e. The summed E-state index contributed by atoms with van der Waals surface area (Å²) in [6.07, 6.45) is 2.00. The van der Waals surface area contributed by atoms with Crippen LogP contribution in [-0.2, 0) is 6.42 Å². The van der Waals surface area contributed by atoms with Gasteiger partial charge in [-0.25, -0.2) is 4.98 Å². The first-order valence-corrected chi connectivity index (χ1v) is 7.81. The Hall–Kier alpha value is -3.35. The summed E-state index contributed by atoms with van der Waals surface area (Å²) in [6, 6.07) is 11.9. The van der Waals surface area contributed by atoms with E-state index in [2.05, 4.69) is 10.1 Å². The highest BCUT2D eigenvalue weighted by Crippen LogP contribution is 2.20. The minimum Gasteiger partial charge on any atom is -0.267 e. The summed E-state index contributed by atoms with van der Waals surface area (Å²) < 4.78 is 1.20. The van der Waals surface area contributed by atoms with Crippen LogP contribution in [0.2, 0.25) is 0 Å². The zero-order valence-electron chi connectivity index (χ0n) is 13.8. The van der Waals surface area contributed by atoms with Crippen LogP contribution < -0.4 is 5.56 Å². The van der Waals surface area contributed by atoms with Gasteiger partial charge in [0.1, 0.15) is 5.82 Å². The molecule has 0 atom stereocenters. The van der Waals surface area contributed by atoms with Crippen LogP contribution in [-0.4, -0.2) is 20.8 Å². The van der Waals surface area contributed by atoms with Gasteiger partial charge in [-0.3, -0.25) is 14.9 Å². The molecular formula is C18H16N4O3. The Morgan fingerprint density at radius 1 is 1.28 bits per heavy atom. The van der Waals surface area contributed by atoms with Crippen LogP contribution in [0.3, 0.4) is 0 Å². The number of benzene rings is 2. The van der Waals surface area contributed by atoms with E-state index in [0.29, 0.717) is 34.3 Å². The standard InChI is InChI=1S/C18H16N4O3/c1-3-14-9-8-13(10-17(14)22(24)25)11-19-21-12(2)20-16-7-5-4-6-15(16)18(21)23/h4-11H,3H2,1-2H3/b19-11-. The molecule has 1 aromatic heterocycles. The van der Waals surface area contributed by atoms with E-state index in [0.717, 1.165) is 0 Å². The molecule has 7 nitrogen and oxygen atoms in total. The first kappa shape index (κ1) is 16.5. The fraction of sp³-hybridized carbons (Fsp3) is 0.167. The lowest BCUT2D eigenvalue weighted by Gasteiger charge is -2.05. The predicted octanol–water partition coefficient (Wildman–Crippen LogP) is 3.06. The van der Waals surface area contributed by atoms with Crippen molar-refractivity contribution in [1.82, 2.24) is 9.66 Å². The van der Waals surface area contributed by atoms with Crippen molar-refractivity contribution in [2.24, 2.45) is 5.10 Å². The summed E-state index contributed by atoms with van der Waals surface area (Å²) in [5, 5.41) is 15.8. The maximum absolute atomic E-state index is 12.5. The van der Waals surface area contributed by atoms with E-state index in [1.165, 1.54) is 17.0 Å². The molecule has 0 fully saturated rings. The van der Waals surface area contributed by atoms with Gasteiger partial charge in [-0.1, -0.05) is 31.2 Å². The average Bonchev–Trinajstić information content (AvgIpc) is 2.61. The summed E-state index contributed by atoms with van der Waals surface area (Å²) in [6.45, 7) is 3.55. The minimum atomic E-state index is -0.412.